The Morgan fingerprint density at radius 1 is 0.879 bits per heavy atom. The molecule has 0 atom stereocenters. The van der Waals surface area contributed by atoms with Crippen molar-refractivity contribution < 1.29 is 27.4 Å². The Hall–Kier alpha value is -3.82. The first-order chi connectivity index (χ1) is 15.7. The minimum absolute atomic E-state index is 0.181. The van der Waals surface area contributed by atoms with Crippen LogP contribution < -0.4 is 4.74 Å². The van der Waals surface area contributed by atoms with Crippen molar-refractivity contribution in [2.75, 3.05) is 0 Å². The van der Waals surface area contributed by atoms with E-state index in [1.54, 1.807) is 38.1 Å². The van der Waals surface area contributed by atoms with Crippen molar-refractivity contribution in [3.05, 3.63) is 81.1 Å². The largest absolute Gasteiger partial charge is 0.459 e. The maximum atomic E-state index is 15.0. The summed E-state index contributed by atoms with van der Waals surface area (Å²) < 4.78 is 55.4. The summed E-state index contributed by atoms with van der Waals surface area (Å²) in [5.74, 6) is -7.55. The summed E-state index contributed by atoms with van der Waals surface area (Å²) >= 11 is 3.38. The molecular weight excluding hydrogens is 501 g/mol. The highest BCUT2D eigenvalue weighted by Crippen LogP contribution is 2.42. The summed E-state index contributed by atoms with van der Waals surface area (Å²) in [5.41, 5.74) is -1.54. The quantitative estimate of drug-likeness (QED) is 0.281. The van der Waals surface area contributed by atoms with Crippen LogP contribution in [0.1, 0.15) is 35.3 Å². The van der Waals surface area contributed by atoms with E-state index in [2.05, 4.69) is 15.9 Å². The number of para-hydroxylation sites is 1. The van der Waals surface area contributed by atoms with E-state index in [-0.39, 0.29) is 16.9 Å². The van der Waals surface area contributed by atoms with Crippen LogP contribution >= 0.6 is 15.9 Å². The number of hydrogen-bond acceptors (Lipinski definition) is 5. The second-order valence-electron chi connectivity index (χ2n) is 6.96. The van der Waals surface area contributed by atoms with Crippen molar-refractivity contribution in [3.8, 4) is 34.8 Å². The second kappa shape index (κ2) is 9.76. The molecule has 33 heavy (non-hydrogen) atoms. The molecule has 3 aromatic carbocycles. The molecule has 166 valence electrons. The first-order valence-electron chi connectivity index (χ1n) is 9.48. The number of hydrogen-bond donors (Lipinski definition) is 0. The van der Waals surface area contributed by atoms with Crippen molar-refractivity contribution in [2.24, 2.45) is 0 Å². The Labute approximate surface area is 195 Å². The van der Waals surface area contributed by atoms with Gasteiger partial charge in [-0.15, -0.1) is 0 Å². The molecule has 0 saturated heterocycles. The summed E-state index contributed by atoms with van der Waals surface area (Å²) in [7, 11) is 0. The van der Waals surface area contributed by atoms with Crippen LogP contribution in [0.5, 0.6) is 11.5 Å². The average Bonchev–Trinajstić information content (AvgIpc) is 2.78. The van der Waals surface area contributed by atoms with E-state index in [1.165, 1.54) is 30.3 Å². The molecular formula is C24H14BrF3N2O3. The van der Waals surface area contributed by atoms with Crippen LogP contribution in [0.15, 0.2) is 46.9 Å². The fraction of sp³-hybridized carbons (Fsp3) is 0.125. The van der Waals surface area contributed by atoms with E-state index < -0.39 is 46.4 Å². The summed E-state index contributed by atoms with van der Waals surface area (Å²) in [5, 5.41) is 18.2. The lowest BCUT2D eigenvalue weighted by Gasteiger charge is -2.18. The highest BCUT2D eigenvalue weighted by Gasteiger charge is 2.29. The van der Waals surface area contributed by atoms with Crippen LogP contribution in [0.3, 0.4) is 0 Å². The molecule has 0 unspecified atom stereocenters. The Bertz CT molecular complexity index is 1340. The van der Waals surface area contributed by atoms with Gasteiger partial charge in [-0.2, -0.15) is 14.9 Å². The molecule has 0 aliphatic rings. The van der Waals surface area contributed by atoms with Gasteiger partial charge in [0.2, 0.25) is 11.6 Å². The fourth-order valence-corrected chi connectivity index (χ4v) is 3.52. The molecule has 0 saturated carbocycles. The van der Waals surface area contributed by atoms with Gasteiger partial charge in [0.15, 0.2) is 11.6 Å². The van der Waals surface area contributed by atoms with E-state index >= 15 is 0 Å². The second-order valence-corrected chi connectivity index (χ2v) is 7.82. The molecule has 0 aliphatic carbocycles. The molecule has 0 N–H and O–H groups in total. The number of nitriles is 2. The third-order valence-corrected chi connectivity index (χ3v) is 5.14. The summed E-state index contributed by atoms with van der Waals surface area (Å²) in [6.07, 6.45) is -0.511. The standard InChI is InChI=1S/C24H14BrF3N2O3/c1-12(2)32-24(31)15-8-5-7-14(13-6-3-4-9-18(13)25)22(15)33-23-20(27)17(11-30)16(10-29)19(26)21(23)28/h3-9,12H,1-2H3. The molecule has 0 bridgehead atoms. The predicted molar refractivity (Wildman–Crippen MR) is 116 cm³/mol. The number of rotatable bonds is 5. The Morgan fingerprint density at radius 3 is 2.09 bits per heavy atom. The number of esters is 1. The molecule has 3 aromatic rings. The molecule has 0 amide bonds. The highest BCUT2D eigenvalue weighted by atomic mass is 79.9. The molecule has 9 heteroatoms. The van der Waals surface area contributed by atoms with E-state index in [4.69, 9.17) is 14.7 Å². The molecule has 0 heterocycles. The van der Waals surface area contributed by atoms with Gasteiger partial charge in [0.25, 0.3) is 0 Å². The zero-order valence-electron chi connectivity index (χ0n) is 17.2. The van der Waals surface area contributed by atoms with Crippen molar-refractivity contribution in [1.82, 2.24) is 0 Å². The van der Waals surface area contributed by atoms with E-state index in [9.17, 15) is 23.2 Å². The van der Waals surface area contributed by atoms with Gasteiger partial charge in [-0.05, 0) is 31.5 Å². The van der Waals surface area contributed by atoms with Gasteiger partial charge in [0.05, 0.1) is 6.10 Å². The highest BCUT2D eigenvalue weighted by molar-refractivity contribution is 9.10. The number of ether oxygens (including phenoxy) is 2. The van der Waals surface area contributed by atoms with Gasteiger partial charge in [-0.25, -0.2) is 13.6 Å². The lowest BCUT2D eigenvalue weighted by molar-refractivity contribution is 0.0375. The average molecular weight is 515 g/mol. The number of carbonyl (C=O) groups is 1. The molecule has 0 aliphatic heterocycles. The summed E-state index contributed by atoms with van der Waals surface area (Å²) in [4.78, 5) is 12.7. The molecule has 0 aromatic heterocycles. The van der Waals surface area contributed by atoms with Crippen LogP contribution in [0.25, 0.3) is 11.1 Å². The number of halogens is 4. The van der Waals surface area contributed by atoms with E-state index in [0.717, 1.165) is 0 Å². The minimum atomic E-state index is -1.81. The molecule has 0 spiro atoms. The predicted octanol–water partition coefficient (Wildman–Crippen LogP) is 6.63. The van der Waals surface area contributed by atoms with Crippen molar-refractivity contribution >= 4 is 21.9 Å². The lowest BCUT2D eigenvalue weighted by atomic mass is 10.0. The van der Waals surface area contributed by atoms with Crippen LogP contribution in [0, 0.1) is 40.1 Å². The summed E-state index contributed by atoms with van der Waals surface area (Å²) in [6.45, 7) is 3.23. The van der Waals surface area contributed by atoms with Crippen LogP contribution in [-0.4, -0.2) is 12.1 Å². The third-order valence-electron chi connectivity index (χ3n) is 4.45. The maximum Gasteiger partial charge on any atom is 0.342 e. The number of benzene rings is 3. The molecule has 3 rings (SSSR count). The Morgan fingerprint density at radius 2 is 1.48 bits per heavy atom. The normalized spacial score (nSPS) is 10.5. The van der Waals surface area contributed by atoms with Gasteiger partial charge in [0, 0.05) is 10.0 Å². The smallest absolute Gasteiger partial charge is 0.342 e. The summed E-state index contributed by atoms with van der Waals surface area (Å²) in [6, 6.07) is 13.8. The SMILES string of the molecule is CC(C)OC(=O)c1cccc(-c2ccccc2Br)c1Oc1c(F)c(F)c(C#N)c(C#N)c1F. The van der Waals surface area contributed by atoms with E-state index in [0.29, 0.717) is 10.0 Å². The van der Waals surface area contributed by atoms with Gasteiger partial charge in [0.1, 0.15) is 34.6 Å². The van der Waals surface area contributed by atoms with Crippen LogP contribution in [-0.2, 0) is 4.74 Å². The topological polar surface area (TPSA) is 83.1 Å². The van der Waals surface area contributed by atoms with E-state index in [1.807, 2.05) is 0 Å². The van der Waals surface area contributed by atoms with Crippen molar-refractivity contribution in [3.63, 3.8) is 0 Å². The zero-order chi connectivity index (χ0) is 24.3. The van der Waals surface area contributed by atoms with Crippen molar-refractivity contribution in [1.29, 1.82) is 10.5 Å². The minimum Gasteiger partial charge on any atom is -0.459 e. The maximum absolute atomic E-state index is 15.0. The van der Waals surface area contributed by atoms with Gasteiger partial charge in [-0.1, -0.05) is 46.3 Å². The van der Waals surface area contributed by atoms with Gasteiger partial charge in [-0.3, -0.25) is 0 Å². The first kappa shape index (κ1) is 23.8. The van der Waals surface area contributed by atoms with Gasteiger partial charge >= 0.3 is 5.97 Å². The molecule has 0 fully saturated rings. The van der Waals surface area contributed by atoms with Gasteiger partial charge < -0.3 is 9.47 Å². The monoisotopic (exact) mass is 514 g/mol. The Balaban J connectivity index is 2.32. The lowest BCUT2D eigenvalue weighted by Crippen LogP contribution is -2.13. The Kier molecular flexibility index (Phi) is 7.05. The third kappa shape index (κ3) is 4.55. The fourth-order valence-electron chi connectivity index (χ4n) is 3.02. The number of nitrogens with zero attached hydrogens (tertiary/aromatic N) is 2. The van der Waals surface area contributed by atoms with Crippen LogP contribution in [0.2, 0.25) is 0 Å². The number of carbonyl (C=O) groups excluding carboxylic acids is 1. The van der Waals surface area contributed by atoms with Crippen molar-refractivity contribution in [2.45, 2.75) is 20.0 Å². The molecule has 5 nitrogen and oxygen atoms in total. The molecule has 0 radical (unpaired) electrons. The first-order valence-corrected chi connectivity index (χ1v) is 10.3. The van der Waals surface area contributed by atoms with Crippen LogP contribution in [0.4, 0.5) is 13.2 Å². The zero-order valence-corrected chi connectivity index (χ0v) is 18.8.